The van der Waals surface area contributed by atoms with Crippen molar-refractivity contribution in [2.24, 2.45) is 0 Å². The van der Waals surface area contributed by atoms with Crippen LogP contribution in [0.3, 0.4) is 0 Å². The minimum Gasteiger partial charge on any atom is -0.434 e. The third-order valence-corrected chi connectivity index (χ3v) is 2.50. The van der Waals surface area contributed by atoms with Crippen LogP contribution in [0.1, 0.15) is 24.0 Å². The van der Waals surface area contributed by atoms with Crippen LogP contribution in [0, 0.1) is 0 Å². The lowest BCUT2D eigenvalue weighted by molar-refractivity contribution is -0.110. The Balaban J connectivity index is 2.32. The lowest BCUT2D eigenvalue weighted by Crippen LogP contribution is -2.35. The molecule has 17 heavy (non-hydrogen) atoms. The number of ketones is 1. The van der Waals surface area contributed by atoms with Gasteiger partial charge in [-0.2, -0.15) is 0 Å². The fourth-order valence-corrected chi connectivity index (χ4v) is 1.59. The highest BCUT2D eigenvalue weighted by Gasteiger charge is 2.22. The summed E-state index contributed by atoms with van der Waals surface area (Å²) in [6, 6.07) is 6.56. The summed E-state index contributed by atoms with van der Waals surface area (Å²) in [5.41, 5.74) is 1.20. The third-order valence-electron chi connectivity index (χ3n) is 2.50. The van der Waals surface area contributed by atoms with Gasteiger partial charge in [0.15, 0.2) is 5.58 Å². The molecule has 0 aliphatic rings. The second kappa shape index (κ2) is 4.78. The Morgan fingerprint density at radius 3 is 2.94 bits per heavy atom. The summed E-state index contributed by atoms with van der Waals surface area (Å²) in [5.74, 6) is -0.275. The van der Waals surface area contributed by atoms with Gasteiger partial charge in [-0.3, -0.25) is 9.59 Å². The third kappa shape index (κ3) is 2.18. The zero-order valence-corrected chi connectivity index (χ0v) is 9.34. The van der Waals surface area contributed by atoms with Crippen molar-refractivity contribution in [2.75, 3.05) is 0 Å². The van der Waals surface area contributed by atoms with Crippen LogP contribution < -0.4 is 5.32 Å². The molecule has 1 aromatic carbocycles. The molecular formula is C12H12N2O3. The zero-order valence-electron chi connectivity index (χ0n) is 9.34. The molecule has 1 heterocycles. The van der Waals surface area contributed by atoms with E-state index < -0.39 is 6.04 Å². The molecule has 1 atom stereocenters. The first-order valence-corrected chi connectivity index (χ1v) is 5.35. The molecule has 0 bridgehead atoms. The van der Waals surface area contributed by atoms with Gasteiger partial charge in [-0.1, -0.05) is 19.1 Å². The molecule has 1 amide bonds. The average Bonchev–Trinajstić information content (AvgIpc) is 2.78. The highest BCUT2D eigenvalue weighted by Crippen LogP contribution is 2.16. The van der Waals surface area contributed by atoms with Gasteiger partial charge in [0.05, 0.1) is 6.04 Å². The first-order valence-electron chi connectivity index (χ1n) is 5.35. The van der Waals surface area contributed by atoms with E-state index in [2.05, 4.69) is 10.3 Å². The number of Topliss-reactive ketones (excluding diaryl/α,β-unsaturated/α-hetero) is 1. The number of oxazole rings is 1. The SMILES string of the molecule is CC[C@H](NC=O)C(=O)c1nc2ccccc2o1. The van der Waals surface area contributed by atoms with Crippen molar-refractivity contribution in [1.29, 1.82) is 0 Å². The largest absolute Gasteiger partial charge is 0.434 e. The van der Waals surface area contributed by atoms with Gasteiger partial charge < -0.3 is 9.73 Å². The van der Waals surface area contributed by atoms with Crippen LogP contribution in [0.15, 0.2) is 28.7 Å². The van der Waals surface area contributed by atoms with E-state index in [1.165, 1.54) is 0 Å². The molecule has 5 nitrogen and oxygen atoms in total. The quantitative estimate of drug-likeness (QED) is 0.626. The topological polar surface area (TPSA) is 72.2 Å². The molecule has 1 N–H and O–H groups in total. The van der Waals surface area contributed by atoms with Crippen molar-refractivity contribution in [3.63, 3.8) is 0 Å². The standard InChI is InChI=1S/C12H12N2O3/c1-2-8(13-7-15)11(16)12-14-9-5-3-4-6-10(9)17-12/h3-8H,2H2,1H3,(H,13,15)/t8-/m0/s1. The normalized spacial score (nSPS) is 12.3. The number of amides is 1. The van der Waals surface area contributed by atoms with Crippen LogP contribution in [0.4, 0.5) is 0 Å². The minimum atomic E-state index is -0.583. The molecule has 2 rings (SSSR count). The van der Waals surface area contributed by atoms with Crippen LogP contribution in [-0.4, -0.2) is 23.2 Å². The molecule has 5 heteroatoms. The maximum atomic E-state index is 12.0. The van der Waals surface area contributed by atoms with Gasteiger partial charge in [-0.05, 0) is 18.6 Å². The van der Waals surface area contributed by atoms with E-state index in [4.69, 9.17) is 4.42 Å². The Bertz CT molecular complexity index is 514. The van der Waals surface area contributed by atoms with Crippen LogP contribution in [-0.2, 0) is 4.79 Å². The maximum Gasteiger partial charge on any atom is 0.266 e. The van der Waals surface area contributed by atoms with E-state index >= 15 is 0 Å². The summed E-state index contributed by atoms with van der Waals surface area (Å²) < 4.78 is 5.34. The fraction of sp³-hybridized carbons (Fsp3) is 0.250. The van der Waals surface area contributed by atoms with Crippen LogP contribution in [0.5, 0.6) is 0 Å². The molecule has 88 valence electrons. The predicted molar refractivity (Wildman–Crippen MR) is 61.6 cm³/mol. The van der Waals surface area contributed by atoms with Gasteiger partial charge in [-0.15, -0.1) is 0 Å². The monoisotopic (exact) mass is 232 g/mol. The van der Waals surface area contributed by atoms with Gasteiger partial charge in [0.25, 0.3) is 5.89 Å². The van der Waals surface area contributed by atoms with Crippen molar-refractivity contribution in [3.8, 4) is 0 Å². The van der Waals surface area contributed by atoms with Gasteiger partial charge in [0, 0.05) is 0 Å². The lowest BCUT2D eigenvalue weighted by Gasteiger charge is -2.08. The van der Waals surface area contributed by atoms with E-state index in [1.54, 1.807) is 12.1 Å². The van der Waals surface area contributed by atoms with Crippen LogP contribution >= 0.6 is 0 Å². The molecular weight excluding hydrogens is 220 g/mol. The average molecular weight is 232 g/mol. The minimum absolute atomic E-state index is 0.0346. The molecule has 0 spiro atoms. The Morgan fingerprint density at radius 1 is 1.53 bits per heavy atom. The summed E-state index contributed by atoms with van der Waals surface area (Å²) in [7, 11) is 0. The van der Waals surface area contributed by atoms with Crippen molar-refractivity contribution < 1.29 is 14.0 Å². The van der Waals surface area contributed by atoms with Gasteiger partial charge >= 0.3 is 0 Å². The number of carbonyl (C=O) groups is 2. The maximum absolute atomic E-state index is 12.0. The zero-order chi connectivity index (χ0) is 12.3. The Labute approximate surface area is 97.8 Å². The molecule has 0 saturated carbocycles. The number of nitrogens with one attached hydrogen (secondary N) is 1. The first kappa shape index (κ1) is 11.3. The number of nitrogens with zero attached hydrogens (tertiary/aromatic N) is 1. The number of para-hydroxylation sites is 2. The van der Waals surface area contributed by atoms with Crippen molar-refractivity contribution in [3.05, 3.63) is 30.2 Å². The predicted octanol–water partition coefficient (Wildman–Crippen LogP) is 1.54. The van der Waals surface area contributed by atoms with E-state index in [-0.39, 0.29) is 11.7 Å². The van der Waals surface area contributed by atoms with E-state index in [0.29, 0.717) is 23.9 Å². The number of benzene rings is 1. The van der Waals surface area contributed by atoms with E-state index in [1.807, 2.05) is 19.1 Å². The smallest absolute Gasteiger partial charge is 0.266 e. The first-order chi connectivity index (χ1) is 8.26. The Hall–Kier alpha value is -2.17. The number of aromatic nitrogens is 1. The number of hydrogen-bond acceptors (Lipinski definition) is 4. The second-order valence-corrected chi connectivity index (χ2v) is 3.60. The van der Waals surface area contributed by atoms with Gasteiger partial charge in [0.2, 0.25) is 12.2 Å². The Kier molecular flexibility index (Phi) is 3.18. The van der Waals surface area contributed by atoms with Crippen LogP contribution in [0.2, 0.25) is 0 Å². The number of hydrogen-bond donors (Lipinski definition) is 1. The molecule has 0 radical (unpaired) electrons. The lowest BCUT2D eigenvalue weighted by atomic mass is 10.1. The molecule has 0 aliphatic heterocycles. The van der Waals surface area contributed by atoms with Crippen molar-refractivity contribution >= 4 is 23.3 Å². The van der Waals surface area contributed by atoms with Crippen LogP contribution in [0.25, 0.3) is 11.1 Å². The number of rotatable bonds is 5. The number of fused-ring (bicyclic) bond motifs is 1. The molecule has 0 fully saturated rings. The Morgan fingerprint density at radius 2 is 2.29 bits per heavy atom. The van der Waals surface area contributed by atoms with E-state index in [9.17, 15) is 9.59 Å². The summed E-state index contributed by atoms with van der Waals surface area (Å²) >= 11 is 0. The summed E-state index contributed by atoms with van der Waals surface area (Å²) in [5, 5.41) is 2.44. The van der Waals surface area contributed by atoms with Gasteiger partial charge in [0.1, 0.15) is 5.52 Å². The molecule has 2 aromatic rings. The summed E-state index contributed by atoms with van der Waals surface area (Å²) in [6.07, 6.45) is 1.00. The highest BCUT2D eigenvalue weighted by atomic mass is 16.4. The van der Waals surface area contributed by atoms with E-state index in [0.717, 1.165) is 0 Å². The summed E-state index contributed by atoms with van der Waals surface area (Å²) in [6.45, 7) is 1.81. The fourth-order valence-electron chi connectivity index (χ4n) is 1.59. The number of carbonyl (C=O) groups excluding carboxylic acids is 2. The van der Waals surface area contributed by atoms with Crippen molar-refractivity contribution in [1.82, 2.24) is 10.3 Å². The molecule has 0 saturated heterocycles. The van der Waals surface area contributed by atoms with Crippen molar-refractivity contribution in [2.45, 2.75) is 19.4 Å². The molecule has 0 aliphatic carbocycles. The molecule has 1 aromatic heterocycles. The second-order valence-electron chi connectivity index (χ2n) is 3.60. The van der Waals surface area contributed by atoms with Gasteiger partial charge in [-0.25, -0.2) is 4.98 Å². The summed E-state index contributed by atoms with van der Waals surface area (Å²) in [4.78, 5) is 26.4. The molecule has 0 unspecified atom stereocenters. The highest BCUT2D eigenvalue weighted by molar-refractivity contribution is 5.98.